The second-order valence-electron chi connectivity index (χ2n) is 3.67. The number of aliphatic hydroxyl groups excluding tert-OH is 1. The van der Waals surface area contributed by atoms with Crippen molar-refractivity contribution in [1.29, 1.82) is 0 Å². The zero-order chi connectivity index (χ0) is 12.8. The topological polar surface area (TPSA) is 57.6 Å². The van der Waals surface area contributed by atoms with E-state index in [0.717, 1.165) is 4.31 Å². The van der Waals surface area contributed by atoms with Crippen molar-refractivity contribution in [3.8, 4) is 0 Å². The molecule has 0 bridgehead atoms. The maximum atomic E-state index is 12.1. The predicted molar refractivity (Wildman–Crippen MR) is 68.9 cm³/mol. The number of halogens is 3. The fraction of sp³-hybridized carbons (Fsp3) is 0.333. The lowest BCUT2D eigenvalue weighted by atomic mass is 10.2. The van der Waals surface area contributed by atoms with E-state index < -0.39 is 16.1 Å². The highest BCUT2D eigenvalue weighted by Gasteiger charge is 2.37. The van der Waals surface area contributed by atoms with Gasteiger partial charge >= 0.3 is 0 Å². The summed E-state index contributed by atoms with van der Waals surface area (Å²) in [6.07, 6.45) is -0.613. The van der Waals surface area contributed by atoms with Gasteiger partial charge in [0.2, 0.25) is 10.0 Å². The van der Waals surface area contributed by atoms with Gasteiger partial charge in [0.25, 0.3) is 0 Å². The van der Waals surface area contributed by atoms with Gasteiger partial charge in [0, 0.05) is 17.6 Å². The van der Waals surface area contributed by atoms with E-state index in [1.807, 2.05) is 0 Å². The molecule has 0 atom stereocenters. The zero-order valence-electron chi connectivity index (χ0n) is 8.40. The van der Waals surface area contributed by atoms with Gasteiger partial charge in [-0.1, -0.05) is 39.1 Å². The van der Waals surface area contributed by atoms with Gasteiger partial charge in [-0.05, 0) is 12.1 Å². The molecule has 1 fully saturated rings. The molecule has 0 spiro atoms. The quantitative estimate of drug-likeness (QED) is 0.878. The van der Waals surface area contributed by atoms with Crippen molar-refractivity contribution in [3.05, 3.63) is 26.7 Å². The van der Waals surface area contributed by atoms with Gasteiger partial charge < -0.3 is 5.11 Å². The molecule has 94 valence electrons. The van der Waals surface area contributed by atoms with Crippen LogP contribution >= 0.6 is 39.1 Å². The van der Waals surface area contributed by atoms with Gasteiger partial charge in [-0.25, -0.2) is 8.42 Å². The van der Waals surface area contributed by atoms with Crippen molar-refractivity contribution in [1.82, 2.24) is 4.31 Å². The maximum Gasteiger partial charge on any atom is 0.246 e. The fourth-order valence-corrected chi connectivity index (χ4v) is 4.92. The van der Waals surface area contributed by atoms with Crippen molar-refractivity contribution in [3.63, 3.8) is 0 Å². The summed E-state index contributed by atoms with van der Waals surface area (Å²) in [4.78, 5) is -0.115. The Hall–Kier alpha value is 0.150. The first kappa shape index (κ1) is 13.6. The molecular formula is C9H8BrCl2NO3S. The molecule has 4 nitrogen and oxygen atoms in total. The van der Waals surface area contributed by atoms with Gasteiger partial charge in [0.15, 0.2) is 0 Å². The molecule has 17 heavy (non-hydrogen) atoms. The number of aliphatic hydroxyl groups is 1. The summed E-state index contributed by atoms with van der Waals surface area (Å²) in [5.41, 5.74) is 0. The highest BCUT2D eigenvalue weighted by molar-refractivity contribution is 9.10. The molecule has 0 amide bonds. The monoisotopic (exact) mass is 359 g/mol. The van der Waals surface area contributed by atoms with Crippen LogP contribution < -0.4 is 0 Å². The zero-order valence-corrected chi connectivity index (χ0v) is 12.3. The largest absolute Gasteiger partial charge is 0.390 e. The van der Waals surface area contributed by atoms with Crippen LogP contribution in [0.1, 0.15) is 0 Å². The minimum Gasteiger partial charge on any atom is -0.390 e. The van der Waals surface area contributed by atoms with Crippen LogP contribution in [0.25, 0.3) is 0 Å². The van der Waals surface area contributed by atoms with E-state index >= 15 is 0 Å². The van der Waals surface area contributed by atoms with E-state index in [4.69, 9.17) is 28.3 Å². The van der Waals surface area contributed by atoms with E-state index in [-0.39, 0.29) is 28.0 Å². The molecule has 1 heterocycles. The van der Waals surface area contributed by atoms with E-state index in [2.05, 4.69) is 15.9 Å². The van der Waals surface area contributed by atoms with Gasteiger partial charge in [-0.2, -0.15) is 4.31 Å². The lowest BCUT2D eigenvalue weighted by Gasteiger charge is -2.34. The minimum absolute atomic E-state index is 0.0609. The molecule has 1 aliphatic rings. The van der Waals surface area contributed by atoms with E-state index in [9.17, 15) is 8.42 Å². The third kappa shape index (κ3) is 2.47. The van der Waals surface area contributed by atoms with Crippen LogP contribution in [0.4, 0.5) is 0 Å². The third-order valence-electron chi connectivity index (χ3n) is 2.39. The molecule has 8 heteroatoms. The Kier molecular flexibility index (Phi) is 3.74. The highest BCUT2D eigenvalue weighted by atomic mass is 79.9. The Morgan fingerprint density at radius 1 is 1.29 bits per heavy atom. The van der Waals surface area contributed by atoms with Crippen LogP contribution in [-0.2, 0) is 10.0 Å². The maximum absolute atomic E-state index is 12.1. The third-order valence-corrected chi connectivity index (χ3v) is 5.60. The Morgan fingerprint density at radius 3 is 2.18 bits per heavy atom. The predicted octanol–water partition coefficient (Wildman–Crippen LogP) is 2.12. The second kappa shape index (κ2) is 4.68. The first-order chi connectivity index (χ1) is 7.82. The first-order valence-electron chi connectivity index (χ1n) is 4.65. The molecule has 0 aromatic heterocycles. The lowest BCUT2D eigenvalue weighted by Crippen LogP contribution is -2.53. The highest BCUT2D eigenvalue weighted by Crippen LogP contribution is 2.35. The van der Waals surface area contributed by atoms with Crippen LogP contribution in [0.5, 0.6) is 0 Å². The molecule has 1 aliphatic heterocycles. The summed E-state index contributed by atoms with van der Waals surface area (Å²) in [5, 5.41) is 9.25. The average Bonchev–Trinajstić information content (AvgIpc) is 2.10. The van der Waals surface area contributed by atoms with Crippen LogP contribution in [0.15, 0.2) is 21.5 Å². The van der Waals surface area contributed by atoms with Gasteiger partial charge in [0.05, 0.1) is 16.1 Å². The fourth-order valence-electron chi connectivity index (χ4n) is 1.52. The minimum atomic E-state index is -3.72. The van der Waals surface area contributed by atoms with Crippen LogP contribution in [0.2, 0.25) is 10.0 Å². The van der Waals surface area contributed by atoms with Crippen molar-refractivity contribution in [2.24, 2.45) is 0 Å². The Morgan fingerprint density at radius 2 is 1.76 bits per heavy atom. The average molecular weight is 361 g/mol. The Balaban J connectivity index is 2.47. The number of β-amino-alcohol motifs (C(OH)–C–C–N with tert-alkyl or cyclic N) is 1. The normalized spacial score (nSPS) is 18.1. The number of rotatable bonds is 2. The van der Waals surface area contributed by atoms with Crippen molar-refractivity contribution < 1.29 is 13.5 Å². The van der Waals surface area contributed by atoms with E-state index in [0.29, 0.717) is 4.47 Å². The molecule has 1 saturated heterocycles. The van der Waals surface area contributed by atoms with Crippen molar-refractivity contribution >= 4 is 49.2 Å². The standard InChI is InChI=1S/C9H8BrCl2NO3S/c10-5-1-7(11)9(8(12)2-5)17(15,16)13-3-6(14)4-13/h1-2,6,14H,3-4H2. The molecule has 2 rings (SSSR count). The Bertz CT molecular complexity index is 534. The summed E-state index contributed by atoms with van der Waals surface area (Å²) in [6.45, 7) is 0.149. The van der Waals surface area contributed by atoms with Crippen molar-refractivity contribution in [2.75, 3.05) is 13.1 Å². The van der Waals surface area contributed by atoms with Gasteiger partial charge in [-0.15, -0.1) is 0 Å². The van der Waals surface area contributed by atoms with Crippen LogP contribution in [-0.4, -0.2) is 37.0 Å². The number of hydrogen-bond acceptors (Lipinski definition) is 3. The van der Waals surface area contributed by atoms with Crippen molar-refractivity contribution in [2.45, 2.75) is 11.0 Å². The SMILES string of the molecule is O=S(=O)(c1c(Cl)cc(Br)cc1Cl)N1CC(O)C1. The van der Waals surface area contributed by atoms with E-state index in [1.165, 1.54) is 12.1 Å². The molecule has 1 aromatic carbocycles. The van der Waals surface area contributed by atoms with Gasteiger partial charge in [0.1, 0.15) is 4.90 Å². The molecule has 1 N–H and O–H groups in total. The summed E-state index contributed by atoms with van der Waals surface area (Å²) >= 11 is 15.0. The molecule has 0 aliphatic carbocycles. The van der Waals surface area contributed by atoms with Gasteiger partial charge in [-0.3, -0.25) is 0 Å². The molecule has 1 aromatic rings. The Labute approximate surface area is 117 Å². The number of hydrogen-bond donors (Lipinski definition) is 1. The number of nitrogens with zero attached hydrogens (tertiary/aromatic N) is 1. The van der Waals surface area contributed by atoms with E-state index in [1.54, 1.807) is 0 Å². The molecular weight excluding hydrogens is 353 g/mol. The van der Waals surface area contributed by atoms with Crippen LogP contribution in [0, 0.1) is 0 Å². The first-order valence-corrected chi connectivity index (χ1v) is 7.64. The summed E-state index contributed by atoms with van der Waals surface area (Å²) < 4.78 is 26.0. The number of sulfonamides is 1. The summed E-state index contributed by atoms with van der Waals surface area (Å²) in [6, 6.07) is 2.94. The second-order valence-corrected chi connectivity index (χ2v) is 7.28. The summed E-state index contributed by atoms with van der Waals surface area (Å²) in [5.74, 6) is 0. The smallest absolute Gasteiger partial charge is 0.246 e. The molecule has 0 saturated carbocycles. The van der Waals surface area contributed by atoms with Crippen LogP contribution in [0.3, 0.4) is 0 Å². The number of benzene rings is 1. The molecule has 0 radical (unpaired) electrons. The lowest BCUT2D eigenvalue weighted by molar-refractivity contribution is 0.0548. The summed E-state index contributed by atoms with van der Waals surface area (Å²) in [7, 11) is -3.72. The molecule has 0 unspecified atom stereocenters.